The van der Waals surface area contributed by atoms with E-state index in [2.05, 4.69) is 48.5 Å². The number of aromatic nitrogens is 2. The molecule has 2 unspecified atom stereocenters. The smallest absolute Gasteiger partial charge is 0.135 e. The Morgan fingerprint density at radius 3 is 2.68 bits per heavy atom. The Morgan fingerprint density at radius 2 is 1.92 bits per heavy atom. The minimum absolute atomic E-state index is 0.0751. The van der Waals surface area contributed by atoms with Crippen LogP contribution in [-0.2, 0) is 11.3 Å². The van der Waals surface area contributed by atoms with Gasteiger partial charge < -0.3 is 15.0 Å². The van der Waals surface area contributed by atoms with E-state index in [1.54, 1.807) is 6.07 Å². The maximum Gasteiger partial charge on any atom is 0.135 e. The molecule has 1 aliphatic rings. The molecule has 4 rings (SSSR count). The van der Waals surface area contributed by atoms with Crippen molar-refractivity contribution in [3.8, 4) is 0 Å². The van der Waals surface area contributed by atoms with Crippen molar-refractivity contribution in [2.75, 3.05) is 25.5 Å². The molecule has 1 N–H and O–H groups in total. The van der Waals surface area contributed by atoms with Gasteiger partial charge in [0.25, 0.3) is 0 Å². The van der Waals surface area contributed by atoms with Gasteiger partial charge in [-0.05, 0) is 56.1 Å². The maximum absolute atomic E-state index is 13.9. The summed E-state index contributed by atoms with van der Waals surface area (Å²) in [7, 11) is 2.11. The zero-order valence-electron chi connectivity index (χ0n) is 22.5. The monoisotopic (exact) mass is 512 g/mol. The van der Waals surface area contributed by atoms with Crippen molar-refractivity contribution in [3.63, 3.8) is 0 Å². The predicted molar refractivity (Wildman–Crippen MR) is 154 cm³/mol. The third-order valence-electron chi connectivity index (χ3n) is 6.49. The normalized spacial score (nSPS) is 18.9. The summed E-state index contributed by atoms with van der Waals surface area (Å²) in [5, 5.41) is 3.29. The quantitative estimate of drug-likeness (QED) is 0.289. The molecule has 1 fully saturated rings. The molecule has 0 spiro atoms. The highest BCUT2D eigenvalue weighted by atomic mass is 19.1. The number of nitrogens with one attached hydrogen (secondary N) is 1. The molecule has 38 heavy (non-hydrogen) atoms. The Labute approximate surface area is 225 Å². The number of allylic oxidation sites excluding steroid dienone is 6. The van der Waals surface area contributed by atoms with E-state index in [4.69, 9.17) is 14.7 Å². The number of halogens is 1. The number of anilines is 2. The largest absolute Gasteiger partial charge is 0.372 e. The summed E-state index contributed by atoms with van der Waals surface area (Å²) in [6, 6.07) is 18.6. The van der Waals surface area contributed by atoms with Crippen molar-refractivity contribution in [2.24, 2.45) is 0 Å². The average Bonchev–Trinajstić information content (AvgIpc) is 2.92. The molecule has 0 aliphatic carbocycles. The number of piperidine rings is 1. The first-order valence-electron chi connectivity index (χ1n) is 13.3. The molecule has 2 aromatic carbocycles. The van der Waals surface area contributed by atoms with Gasteiger partial charge in [-0.2, -0.15) is 0 Å². The summed E-state index contributed by atoms with van der Waals surface area (Å²) in [5.74, 6) is 1.21. The van der Waals surface area contributed by atoms with E-state index in [0.717, 1.165) is 43.0 Å². The number of hydrogen-bond donors (Lipinski definition) is 1. The van der Waals surface area contributed by atoms with Gasteiger partial charge in [-0.15, -0.1) is 0 Å². The van der Waals surface area contributed by atoms with Crippen LogP contribution in [0.5, 0.6) is 0 Å². The molecule has 1 aliphatic heterocycles. The molecule has 5 nitrogen and oxygen atoms in total. The van der Waals surface area contributed by atoms with Gasteiger partial charge >= 0.3 is 0 Å². The SMILES string of the molecule is C\C=C(/C=C\C=C\CC)c1cc(Nc2cccc(F)c2)nc(C2CC(OCc3ccccc3)CN(C)C2)n1. The topological polar surface area (TPSA) is 50.3 Å². The Kier molecular flexibility index (Phi) is 9.96. The van der Waals surface area contributed by atoms with Gasteiger partial charge in [0.05, 0.1) is 18.4 Å². The molecule has 2 atom stereocenters. The molecule has 0 saturated carbocycles. The Morgan fingerprint density at radius 1 is 1.08 bits per heavy atom. The molecule has 3 aromatic rings. The van der Waals surface area contributed by atoms with E-state index in [9.17, 15) is 4.39 Å². The average molecular weight is 513 g/mol. The Hall–Kier alpha value is -3.61. The standard InChI is InChI=1S/C32H37FN4O/c1-4-6-7-11-15-25(5-2)30-20-31(34-28-17-12-16-27(33)19-28)36-32(35-30)26-18-29(22-37(3)21-26)38-23-24-13-9-8-10-14-24/h5-17,19-20,26,29H,4,18,21-23H2,1-3H3,(H,34,35,36)/b7-6+,15-11-,25-5+. The molecule has 0 bridgehead atoms. The highest BCUT2D eigenvalue weighted by Gasteiger charge is 2.29. The van der Waals surface area contributed by atoms with Crippen LogP contribution in [0.25, 0.3) is 5.57 Å². The molecule has 0 amide bonds. The van der Waals surface area contributed by atoms with Crippen LogP contribution >= 0.6 is 0 Å². The number of likely N-dealkylation sites (N-methyl/N-ethyl adjacent to an activating group) is 1. The van der Waals surface area contributed by atoms with E-state index in [-0.39, 0.29) is 17.8 Å². The van der Waals surface area contributed by atoms with Crippen LogP contribution < -0.4 is 5.32 Å². The molecular weight excluding hydrogens is 475 g/mol. The summed E-state index contributed by atoms with van der Waals surface area (Å²) >= 11 is 0. The van der Waals surface area contributed by atoms with Crippen molar-refractivity contribution in [3.05, 3.63) is 114 Å². The number of likely N-dealkylation sites (tertiary alicyclic amines) is 1. The summed E-state index contributed by atoms with van der Waals surface area (Å²) in [6.07, 6.45) is 12.2. The van der Waals surface area contributed by atoms with Crippen LogP contribution in [0.3, 0.4) is 0 Å². The van der Waals surface area contributed by atoms with Crippen LogP contribution in [0.4, 0.5) is 15.9 Å². The molecule has 1 saturated heterocycles. The third-order valence-corrected chi connectivity index (χ3v) is 6.49. The molecule has 2 heterocycles. The second-order valence-electron chi connectivity index (χ2n) is 9.64. The highest BCUT2D eigenvalue weighted by Crippen LogP contribution is 2.29. The van der Waals surface area contributed by atoms with E-state index in [0.29, 0.717) is 18.1 Å². The predicted octanol–water partition coefficient (Wildman–Crippen LogP) is 7.29. The van der Waals surface area contributed by atoms with Crippen LogP contribution in [0.15, 0.2) is 91.0 Å². The second-order valence-corrected chi connectivity index (χ2v) is 9.64. The summed E-state index contributed by atoms with van der Waals surface area (Å²) in [4.78, 5) is 12.2. The fourth-order valence-electron chi connectivity index (χ4n) is 4.64. The van der Waals surface area contributed by atoms with Gasteiger partial charge in [0.15, 0.2) is 0 Å². The molecule has 1 aromatic heterocycles. The van der Waals surface area contributed by atoms with Gasteiger partial charge in [-0.25, -0.2) is 14.4 Å². The number of benzene rings is 2. The molecule has 198 valence electrons. The van der Waals surface area contributed by atoms with Crippen molar-refractivity contribution in [1.82, 2.24) is 14.9 Å². The zero-order valence-corrected chi connectivity index (χ0v) is 22.5. The summed E-state index contributed by atoms with van der Waals surface area (Å²) < 4.78 is 20.2. The maximum atomic E-state index is 13.9. The number of ether oxygens (including phenoxy) is 1. The van der Waals surface area contributed by atoms with E-state index < -0.39 is 0 Å². The van der Waals surface area contributed by atoms with Gasteiger partial charge in [-0.1, -0.05) is 73.7 Å². The van der Waals surface area contributed by atoms with E-state index in [1.807, 2.05) is 55.5 Å². The lowest BCUT2D eigenvalue weighted by molar-refractivity contribution is -0.0112. The number of hydrogen-bond acceptors (Lipinski definition) is 5. The fourth-order valence-corrected chi connectivity index (χ4v) is 4.64. The molecule has 0 radical (unpaired) electrons. The lowest BCUT2D eigenvalue weighted by atomic mass is 9.95. The third kappa shape index (κ3) is 7.94. The number of nitrogens with zero attached hydrogens (tertiary/aromatic N) is 3. The minimum atomic E-state index is -0.295. The van der Waals surface area contributed by atoms with Crippen LogP contribution in [0.1, 0.15) is 49.7 Å². The Balaban J connectivity index is 1.61. The van der Waals surface area contributed by atoms with Crippen LogP contribution in [0, 0.1) is 5.82 Å². The first-order chi connectivity index (χ1) is 18.5. The van der Waals surface area contributed by atoms with Crippen molar-refractivity contribution in [2.45, 2.75) is 45.3 Å². The van der Waals surface area contributed by atoms with E-state index >= 15 is 0 Å². The summed E-state index contributed by atoms with van der Waals surface area (Å²) in [5.41, 5.74) is 3.64. The van der Waals surface area contributed by atoms with Crippen molar-refractivity contribution < 1.29 is 9.13 Å². The minimum Gasteiger partial charge on any atom is -0.372 e. The highest BCUT2D eigenvalue weighted by molar-refractivity contribution is 5.74. The second kappa shape index (κ2) is 13.8. The van der Waals surface area contributed by atoms with Crippen molar-refractivity contribution >= 4 is 17.1 Å². The van der Waals surface area contributed by atoms with Gasteiger partial charge in [0, 0.05) is 30.8 Å². The van der Waals surface area contributed by atoms with Crippen LogP contribution in [-0.4, -0.2) is 41.1 Å². The van der Waals surface area contributed by atoms with Gasteiger partial charge in [0.2, 0.25) is 0 Å². The molecular formula is C32H37FN4O. The fraction of sp³-hybridized carbons (Fsp3) is 0.312. The van der Waals surface area contributed by atoms with Gasteiger partial charge in [-0.3, -0.25) is 0 Å². The Bertz CT molecular complexity index is 1270. The number of rotatable bonds is 10. The van der Waals surface area contributed by atoms with Crippen LogP contribution in [0.2, 0.25) is 0 Å². The van der Waals surface area contributed by atoms with E-state index in [1.165, 1.54) is 17.7 Å². The first kappa shape index (κ1) is 27.4. The first-order valence-corrected chi connectivity index (χ1v) is 13.3. The lowest BCUT2D eigenvalue weighted by Gasteiger charge is -2.35. The van der Waals surface area contributed by atoms with Gasteiger partial charge in [0.1, 0.15) is 17.5 Å². The zero-order chi connectivity index (χ0) is 26.7. The lowest BCUT2D eigenvalue weighted by Crippen LogP contribution is -2.41. The summed E-state index contributed by atoms with van der Waals surface area (Å²) in [6.45, 7) is 6.41. The molecule has 6 heteroatoms. The van der Waals surface area contributed by atoms with Crippen molar-refractivity contribution in [1.29, 1.82) is 0 Å².